The van der Waals surface area contributed by atoms with E-state index in [0.29, 0.717) is 12.3 Å². The highest BCUT2D eigenvalue weighted by molar-refractivity contribution is 6.70. The van der Waals surface area contributed by atoms with Crippen molar-refractivity contribution in [2.75, 3.05) is 5.88 Å². The van der Waals surface area contributed by atoms with Crippen LogP contribution in [-0.4, -0.2) is 15.0 Å². The SMILES string of the molecule is ClCCCC(Cl)C(Cl)(Cl)Cl. The fourth-order valence-corrected chi connectivity index (χ4v) is 1.06. The van der Waals surface area contributed by atoms with Crippen LogP contribution in [0.4, 0.5) is 0 Å². The Bertz CT molecular complexity index is 86.5. The van der Waals surface area contributed by atoms with E-state index in [2.05, 4.69) is 0 Å². The molecule has 1 atom stereocenters. The number of alkyl halides is 5. The highest BCUT2D eigenvalue weighted by Gasteiger charge is 2.29. The Morgan fingerprint density at radius 1 is 1.20 bits per heavy atom. The van der Waals surface area contributed by atoms with Crippen LogP contribution >= 0.6 is 58.0 Å². The van der Waals surface area contributed by atoms with E-state index in [9.17, 15) is 0 Å². The van der Waals surface area contributed by atoms with Gasteiger partial charge in [0.25, 0.3) is 0 Å². The summed E-state index contributed by atoms with van der Waals surface area (Å²) < 4.78 is -1.37. The van der Waals surface area contributed by atoms with Gasteiger partial charge in [-0.1, -0.05) is 34.8 Å². The van der Waals surface area contributed by atoms with Gasteiger partial charge in [-0.25, -0.2) is 0 Å². The van der Waals surface area contributed by atoms with Gasteiger partial charge in [-0.3, -0.25) is 0 Å². The van der Waals surface area contributed by atoms with Crippen molar-refractivity contribution >= 4 is 58.0 Å². The van der Waals surface area contributed by atoms with Crippen molar-refractivity contribution in [2.45, 2.75) is 22.0 Å². The van der Waals surface area contributed by atoms with Crippen LogP contribution in [0, 0.1) is 0 Å². The predicted molar refractivity (Wildman–Crippen MR) is 49.9 cm³/mol. The molecule has 0 aliphatic carbocycles. The molecule has 0 saturated heterocycles. The first-order valence-corrected chi connectivity index (χ1v) is 4.85. The molecule has 0 heterocycles. The minimum Gasteiger partial charge on any atom is -0.127 e. The number of hydrogen-bond acceptors (Lipinski definition) is 0. The van der Waals surface area contributed by atoms with Gasteiger partial charge in [0.1, 0.15) is 0 Å². The van der Waals surface area contributed by atoms with Crippen molar-refractivity contribution in [3.63, 3.8) is 0 Å². The second-order valence-corrected chi connectivity index (χ2v) is 5.11. The Morgan fingerprint density at radius 2 is 1.70 bits per heavy atom. The van der Waals surface area contributed by atoms with Crippen molar-refractivity contribution in [3.8, 4) is 0 Å². The molecule has 1 unspecified atom stereocenters. The molecule has 0 aromatic carbocycles. The molecule has 0 nitrogen and oxygen atoms in total. The molecule has 0 N–H and O–H groups in total. The molecular formula is C5H7Cl5. The van der Waals surface area contributed by atoms with E-state index in [-0.39, 0.29) is 0 Å². The first-order valence-electron chi connectivity index (χ1n) is 2.75. The van der Waals surface area contributed by atoms with E-state index in [1.807, 2.05) is 0 Å². The lowest BCUT2D eigenvalue weighted by atomic mass is 10.3. The van der Waals surface area contributed by atoms with Crippen molar-refractivity contribution in [2.24, 2.45) is 0 Å². The summed E-state index contributed by atoms with van der Waals surface area (Å²) in [7, 11) is 0. The number of hydrogen-bond donors (Lipinski definition) is 0. The maximum absolute atomic E-state index is 5.68. The Hall–Kier alpha value is 1.45. The van der Waals surface area contributed by atoms with Crippen molar-refractivity contribution in [1.29, 1.82) is 0 Å². The maximum Gasteiger partial charge on any atom is 0.206 e. The van der Waals surface area contributed by atoms with Crippen LogP contribution in [0.25, 0.3) is 0 Å². The minimum absolute atomic E-state index is 0.448. The van der Waals surface area contributed by atoms with Crippen LogP contribution in [0.2, 0.25) is 0 Å². The van der Waals surface area contributed by atoms with Crippen molar-refractivity contribution < 1.29 is 0 Å². The molecule has 0 spiro atoms. The quantitative estimate of drug-likeness (QED) is 0.659. The van der Waals surface area contributed by atoms with Crippen LogP contribution < -0.4 is 0 Å². The van der Waals surface area contributed by atoms with Gasteiger partial charge in [0.2, 0.25) is 3.79 Å². The van der Waals surface area contributed by atoms with Gasteiger partial charge in [-0.05, 0) is 12.8 Å². The van der Waals surface area contributed by atoms with Gasteiger partial charge in [0.15, 0.2) is 0 Å². The summed E-state index contributed by atoms with van der Waals surface area (Å²) in [6.07, 6.45) is 1.39. The normalized spacial score (nSPS) is 15.3. The molecule has 0 aliphatic heterocycles. The molecule has 10 heavy (non-hydrogen) atoms. The molecular weight excluding hydrogens is 237 g/mol. The summed E-state index contributed by atoms with van der Waals surface area (Å²) in [5.41, 5.74) is 0. The van der Waals surface area contributed by atoms with Crippen molar-refractivity contribution in [3.05, 3.63) is 0 Å². The lowest BCUT2D eigenvalue weighted by molar-refractivity contribution is 0.746. The van der Waals surface area contributed by atoms with E-state index in [0.717, 1.165) is 6.42 Å². The van der Waals surface area contributed by atoms with Crippen LogP contribution in [0.1, 0.15) is 12.8 Å². The van der Waals surface area contributed by atoms with Crippen LogP contribution in [-0.2, 0) is 0 Å². The summed E-state index contributed by atoms with van der Waals surface area (Å²) >= 11 is 27.5. The Balaban J connectivity index is 3.52. The number of rotatable bonds is 3. The van der Waals surface area contributed by atoms with Gasteiger partial charge >= 0.3 is 0 Å². The minimum atomic E-state index is -1.37. The van der Waals surface area contributed by atoms with Gasteiger partial charge in [0, 0.05) is 5.88 Å². The molecule has 0 radical (unpaired) electrons. The molecule has 0 aromatic heterocycles. The van der Waals surface area contributed by atoms with Crippen LogP contribution in [0.5, 0.6) is 0 Å². The van der Waals surface area contributed by atoms with E-state index in [1.54, 1.807) is 0 Å². The third-order valence-corrected chi connectivity index (χ3v) is 2.88. The molecule has 0 bridgehead atoms. The molecule has 0 amide bonds. The first-order chi connectivity index (χ1) is 4.48. The smallest absolute Gasteiger partial charge is 0.127 e. The second-order valence-electron chi connectivity index (χ2n) is 1.84. The fraction of sp³-hybridized carbons (Fsp3) is 1.00. The second kappa shape index (κ2) is 5.16. The lowest BCUT2D eigenvalue weighted by Crippen LogP contribution is -2.19. The molecule has 5 heteroatoms. The molecule has 62 valence electrons. The van der Waals surface area contributed by atoms with Gasteiger partial charge in [-0.15, -0.1) is 23.2 Å². The Kier molecular flexibility index (Phi) is 5.91. The predicted octanol–water partition coefficient (Wildman–Crippen LogP) is 3.98. The maximum atomic E-state index is 5.68. The van der Waals surface area contributed by atoms with E-state index in [1.165, 1.54) is 0 Å². The molecule has 0 saturated carbocycles. The van der Waals surface area contributed by atoms with Gasteiger partial charge < -0.3 is 0 Å². The summed E-state index contributed by atoms with van der Waals surface area (Å²) in [5, 5.41) is -0.448. The third-order valence-electron chi connectivity index (χ3n) is 0.946. The largest absolute Gasteiger partial charge is 0.206 e. The van der Waals surface area contributed by atoms with Crippen molar-refractivity contribution in [1.82, 2.24) is 0 Å². The van der Waals surface area contributed by atoms with E-state index in [4.69, 9.17) is 58.0 Å². The summed E-state index contributed by atoms with van der Waals surface area (Å²) in [6.45, 7) is 0. The van der Waals surface area contributed by atoms with Crippen LogP contribution in [0.15, 0.2) is 0 Å². The highest BCUT2D eigenvalue weighted by atomic mass is 35.6. The summed E-state index contributed by atoms with van der Waals surface area (Å²) in [4.78, 5) is 0. The molecule has 0 fully saturated rings. The number of halogens is 5. The zero-order valence-electron chi connectivity index (χ0n) is 5.09. The van der Waals surface area contributed by atoms with Gasteiger partial charge in [-0.2, -0.15) is 0 Å². The lowest BCUT2D eigenvalue weighted by Gasteiger charge is -2.16. The highest BCUT2D eigenvalue weighted by Crippen LogP contribution is 2.36. The average molecular weight is 244 g/mol. The average Bonchev–Trinajstić information content (AvgIpc) is 1.80. The zero-order chi connectivity index (χ0) is 8.20. The standard InChI is InChI=1S/C5H7Cl5/c6-3-1-2-4(7)5(8,9)10/h4H,1-3H2. The molecule has 0 aromatic rings. The molecule has 0 aliphatic rings. The van der Waals surface area contributed by atoms with Crippen LogP contribution in [0.3, 0.4) is 0 Å². The molecule has 0 rings (SSSR count). The van der Waals surface area contributed by atoms with Gasteiger partial charge in [0.05, 0.1) is 5.38 Å². The zero-order valence-corrected chi connectivity index (χ0v) is 8.87. The summed E-state index contributed by atoms with van der Waals surface area (Å²) in [5.74, 6) is 0.546. The van der Waals surface area contributed by atoms with E-state index >= 15 is 0 Å². The Morgan fingerprint density at radius 3 is 2.00 bits per heavy atom. The first kappa shape index (κ1) is 11.4. The summed E-state index contributed by atoms with van der Waals surface area (Å²) in [6, 6.07) is 0. The monoisotopic (exact) mass is 242 g/mol. The topological polar surface area (TPSA) is 0 Å². The Labute approximate surface area is 85.7 Å². The fourth-order valence-electron chi connectivity index (χ4n) is 0.420. The van der Waals surface area contributed by atoms with E-state index < -0.39 is 9.17 Å². The third kappa shape index (κ3) is 5.15.